The van der Waals surface area contributed by atoms with Crippen LogP contribution >= 0.6 is 0 Å². The summed E-state index contributed by atoms with van der Waals surface area (Å²) in [6.07, 6.45) is 2.44. The number of benzene rings is 1. The van der Waals surface area contributed by atoms with Crippen LogP contribution in [0, 0.1) is 30.9 Å². The van der Waals surface area contributed by atoms with E-state index >= 15 is 0 Å². The van der Waals surface area contributed by atoms with Gasteiger partial charge < -0.3 is 0 Å². The number of rotatable bonds is 5. The van der Waals surface area contributed by atoms with E-state index in [4.69, 9.17) is 4.18 Å². The van der Waals surface area contributed by atoms with Crippen molar-refractivity contribution in [3.05, 3.63) is 51.3 Å². The van der Waals surface area contributed by atoms with E-state index in [0.29, 0.717) is 16.2 Å². The molecule has 1 aromatic carbocycles. The normalized spacial score (nSPS) is 14.7. The maximum absolute atomic E-state index is 12.3. The smallest absolute Gasteiger partial charge is 0.265 e. The molecule has 0 bridgehead atoms. The summed E-state index contributed by atoms with van der Waals surface area (Å²) in [5.41, 5.74) is 4.46. The number of nitro groups is 1. The zero-order valence-corrected chi connectivity index (χ0v) is 13.1. The first-order valence-electron chi connectivity index (χ1n) is 6.33. The Morgan fingerprint density at radius 2 is 1.82 bits per heavy atom. The molecule has 0 unspecified atom stereocenters. The molecule has 0 saturated carbocycles. The highest BCUT2D eigenvalue weighted by Gasteiger charge is 2.25. The molecule has 120 valence electrons. The Hall–Kier alpha value is -2.17. The zero-order valence-electron chi connectivity index (χ0n) is 12.3. The van der Waals surface area contributed by atoms with Crippen molar-refractivity contribution >= 4 is 10.1 Å². The summed E-state index contributed by atoms with van der Waals surface area (Å²) in [5.74, 6) is 0. The molecule has 22 heavy (non-hydrogen) atoms. The molecule has 0 radical (unpaired) electrons. The quantitative estimate of drug-likeness (QED) is 0.484. The van der Waals surface area contributed by atoms with Crippen LogP contribution in [0.5, 0.6) is 0 Å². The molecule has 1 heterocycles. The molecule has 0 aromatic heterocycles. The van der Waals surface area contributed by atoms with Crippen molar-refractivity contribution in [2.24, 2.45) is 0 Å². The lowest BCUT2D eigenvalue weighted by Gasteiger charge is -2.17. The lowest BCUT2D eigenvalue weighted by molar-refractivity contribution is -0.657. The number of hydrazine groups is 3. The second-order valence-corrected chi connectivity index (χ2v) is 6.43. The van der Waals surface area contributed by atoms with Crippen LogP contribution in [0.25, 0.3) is 0 Å². The van der Waals surface area contributed by atoms with Gasteiger partial charge in [-0.05, 0) is 37.0 Å². The molecule has 9 nitrogen and oxygen atoms in total. The van der Waals surface area contributed by atoms with Crippen molar-refractivity contribution in [3.8, 4) is 0 Å². The third-order valence-electron chi connectivity index (χ3n) is 3.00. The van der Waals surface area contributed by atoms with Gasteiger partial charge in [-0.1, -0.05) is 23.2 Å². The third kappa shape index (κ3) is 3.35. The Labute approximate surface area is 128 Å². The van der Waals surface area contributed by atoms with Crippen LogP contribution in [0.3, 0.4) is 0 Å². The molecule has 0 amide bonds. The van der Waals surface area contributed by atoms with Gasteiger partial charge in [0.25, 0.3) is 10.1 Å². The maximum Gasteiger partial charge on any atom is 0.299 e. The van der Waals surface area contributed by atoms with E-state index < -0.39 is 21.9 Å². The minimum atomic E-state index is -3.97. The average Bonchev–Trinajstić information content (AvgIpc) is 2.83. The summed E-state index contributed by atoms with van der Waals surface area (Å²) in [6.45, 7) is 4.87. The van der Waals surface area contributed by atoms with Gasteiger partial charge in [-0.3, -0.25) is 5.01 Å². The second kappa shape index (κ2) is 5.91. The predicted molar refractivity (Wildman–Crippen MR) is 76.7 cm³/mol. The SMILES string of the molecule is Cc1cc(C)c(S(=O)(=O)OCN2C=CN([N+](=O)[O-])N2)c(C)c1. The van der Waals surface area contributed by atoms with Gasteiger partial charge in [0.1, 0.15) is 6.20 Å². The van der Waals surface area contributed by atoms with E-state index in [9.17, 15) is 18.5 Å². The van der Waals surface area contributed by atoms with Gasteiger partial charge in [0.05, 0.1) is 4.90 Å². The molecular weight excluding hydrogens is 312 g/mol. The monoisotopic (exact) mass is 328 g/mol. The zero-order chi connectivity index (χ0) is 16.5. The molecule has 0 spiro atoms. The fourth-order valence-electron chi connectivity index (χ4n) is 2.25. The minimum absolute atomic E-state index is 0.118. The fourth-order valence-corrected chi connectivity index (χ4v) is 3.53. The summed E-state index contributed by atoms with van der Waals surface area (Å²) in [6, 6.07) is 3.51. The number of nitrogens with one attached hydrogen (secondary N) is 1. The molecule has 0 fully saturated rings. The molecule has 1 aromatic rings. The molecule has 2 rings (SSSR count). The molecular formula is C12H16N4O5S. The van der Waals surface area contributed by atoms with Crippen LogP contribution in [0.1, 0.15) is 16.7 Å². The van der Waals surface area contributed by atoms with Gasteiger partial charge in [0, 0.05) is 6.20 Å². The Balaban J connectivity index is 2.10. The Bertz CT molecular complexity index is 708. The molecule has 0 aliphatic carbocycles. The van der Waals surface area contributed by atoms with E-state index in [1.807, 2.05) is 6.92 Å². The van der Waals surface area contributed by atoms with Crippen molar-refractivity contribution in [1.29, 1.82) is 0 Å². The predicted octanol–water partition coefficient (Wildman–Crippen LogP) is 0.975. The first-order chi connectivity index (χ1) is 10.2. The van der Waals surface area contributed by atoms with E-state index in [0.717, 1.165) is 16.8 Å². The summed E-state index contributed by atoms with van der Waals surface area (Å²) in [5, 5.41) is 11.5. The topological polar surface area (TPSA) is 105 Å². The standard InChI is InChI=1S/C12H16N4O5S/c1-9-6-10(2)12(11(3)7-9)22(19,20)21-8-14-4-5-15(13-14)16(17)18/h4-7,13H,8H2,1-3H3. The van der Waals surface area contributed by atoms with E-state index in [1.54, 1.807) is 26.0 Å². The van der Waals surface area contributed by atoms with Crippen molar-refractivity contribution < 1.29 is 17.6 Å². The third-order valence-corrected chi connectivity index (χ3v) is 4.56. The van der Waals surface area contributed by atoms with Gasteiger partial charge in [-0.2, -0.15) is 8.42 Å². The van der Waals surface area contributed by atoms with E-state index in [2.05, 4.69) is 5.53 Å². The van der Waals surface area contributed by atoms with Crippen LogP contribution in [-0.4, -0.2) is 30.3 Å². The highest BCUT2D eigenvalue weighted by molar-refractivity contribution is 7.86. The first-order valence-corrected chi connectivity index (χ1v) is 7.73. The Morgan fingerprint density at radius 3 is 2.32 bits per heavy atom. The summed E-state index contributed by atoms with van der Waals surface area (Å²) in [7, 11) is -3.97. The van der Waals surface area contributed by atoms with Gasteiger partial charge >= 0.3 is 0 Å². The van der Waals surface area contributed by atoms with Crippen LogP contribution in [0.15, 0.2) is 29.4 Å². The van der Waals surface area contributed by atoms with Crippen LogP contribution in [0.2, 0.25) is 0 Å². The van der Waals surface area contributed by atoms with Crippen LogP contribution in [0.4, 0.5) is 0 Å². The molecule has 1 N–H and O–H groups in total. The molecule has 1 aliphatic rings. The second-order valence-electron chi connectivity index (χ2n) is 4.88. The number of hydrogen-bond donors (Lipinski definition) is 1. The van der Waals surface area contributed by atoms with Crippen LogP contribution in [-0.2, 0) is 14.3 Å². The maximum atomic E-state index is 12.3. The van der Waals surface area contributed by atoms with E-state index in [1.165, 1.54) is 6.20 Å². The van der Waals surface area contributed by atoms with Gasteiger partial charge in [-0.15, -0.1) is 0 Å². The Morgan fingerprint density at radius 1 is 1.23 bits per heavy atom. The van der Waals surface area contributed by atoms with Crippen LogP contribution < -0.4 is 5.53 Å². The number of hydrogen-bond acceptors (Lipinski definition) is 7. The number of nitrogens with zero attached hydrogens (tertiary/aromatic N) is 3. The minimum Gasteiger partial charge on any atom is -0.265 e. The van der Waals surface area contributed by atoms with E-state index in [-0.39, 0.29) is 4.90 Å². The fraction of sp³-hybridized carbons (Fsp3) is 0.333. The lowest BCUT2D eigenvalue weighted by atomic mass is 10.1. The largest absolute Gasteiger partial charge is 0.299 e. The highest BCUT2D eigenvalue weighted by Crippen LogP contribution is 2.23. The molecule has 1 aliphatic heterocycles. The summed E-state index contributed by atoms with van der Waals surface area (Å²) < 4.78 is 29.6. The first kappa shape index (κ1) is 16.2. The summed E-state index contributed by atoms with van der Waals surface area (Å²) in [4.78, 5) is 10.6. The summed E-state index contributed by atoms with van der Waals surface area (Å²) >= 11 is 0. The average molecular weight is 328 g/mol. The molecule has 0 saturated heterocycles. The highest BCUT2D eigenvalue weighted by atomic mass is 32.2. The van der Waals surface area contributed by atoms with Gasteiger partial charge in [0.2, 0.25) is 0 Å². The van der Waals surface area contributed by atoms with Crippen molar-refractivity contribution in [1.82, 2.24) is 15.7 Å². The Kier molecular flexibility index (Phi) is 4.35. The molecule has 0 atom stereocenters. The van der Waals surface area contributed by atoms with Crippen molar-refractivity contribution in [2.45, 2.75) is 25.7 Å². The van der Waals surface area contributed by atoms with Crippen molar-refractivity contribution in [3.63, 3.8) is 0 Å². The lowest BCUT2D eigenvalue weighted by Crippen LogP contribution is -2.43. The number of aryl methyl sites for hydroxylation is 3. The van der Waals surface area contributed by atoms with Gasteiger partial charge in [0.15, 0.2) is 11.8 Å². The van der Waals surface area contributed by atoms with Crippen molar-refractivity contribution in [2.75, 3.05) is 6.73 Å². The van der Waals surface area contributed by atoms with Gasteiger partial charge in [-0.25, -0.2) is 14.3 Å². The molecule has 10 heteroatoms.